The summed E-state index contributed by atoms with van der Waals surface area (Å²) in [6, 6.07) is 0. The van der Waals surface area contributed by atoms with Crippen LogP contribution in [-0.4, -0.2) is 63.5 Å². The maximum atomic E-state index is 5.78. The van der Waals surface area contributed by atoms with Gasteiger partial charge in [-0.1, -0.05) is 0 Å². The van der Waals surface area contributed by atoms with Gasteiger partial charge in [0.25, 0.3) is 0 Å². The first-order valence-electron chi connectivity index (χ1n) is 8.59. The fourth-order valence-corrected chi connectivity index (χ4v) is 2.87. The highest BCUT2D eigenvalue weighted by Crippen LogP contribution is 2.14. The first-order chi connectivity index (χ1) is 10.4. The van der Waals surface area contributed by atoms with E-state index in [4.69, 9.17) is 14.5 Å². The molecule has 2 rings (SSSR count). The van der Waals surface area contributed by atoms with Crippen molar-refractivity contribution < 1.29 is 9.47 Å². The minimum absolute atomic E-state index is 0.698. The van der Waals surface area contributed by atoms with Crippen molar-refractivity contribution >= 4 is 5.96 Å². The number of rotatable bonds is 7. The smallest absolute Gasteiger partial charge is 0.193 e. The van der Waals surface area contributed by atoms with Crippen molar-refractivity contribution in [3.8, 4) is 0 Å². The van der Waals surface area contributed by atoms with Crippen LogP contribution in [0, 0.1) is 5.92 Å². The second kappa shape index (κ2) is 10.0. The number of aliphatic imine (C=N–C) groups is 1. The largest absolute Gasteiger partial charge is 0.381 e. The Morgan fingerprint density at radius 2 is 2.05 bits per heavy atom. The monoisotopic (exact) mass is 297 g/mol. The first-order valence-corrected chi connectivity index (χ1v) is 8.59. The SMILES string of the molecule is CCNC(=NCCCOCC1CCOCC1)N1CCCC1. The average molecular weight is 297 g/mol. The Morgan fingerprint density at radius 3 is 2.76 bits per heavy atom. The van der Waals surface area contributed by atoms with Crippen LogP contribution in [0.15, 0.2) is 4.99 Å². The molecule has 1 N–H and O–H groups in total. The van der Waals surface area contributed by atoms with E-state index in [9.17, 15) is 0 Å². The number of nitrogens with zero attached hydrogens (tertiary/aromatic N) is 2. The van der Waals surface area contributed by atoms with Gasteiger partial charge in [0.1, 0.15) is 0 Å². The molecule has 0 aromatic rings. The first kappa shape index (κ1) is 16.6. The van der Waals surface area contributed by atoms with Crippen LogP contribution in [0.3, 0.4) is 0 Å². The van der Waals surface area contributed by atoms with Crippen molar-refractivity contribution in [2.45, 2.75) is 39.0 Å². The lowest BCUT2D eigenvalue weighted by atomic mass is 10.0. The molecule has 0 radical (unpaired) electrons. The summed E-state index contributed by atoms with van der Waals surface area (Å²) in [5.74, 6) is 1.78. The van der Waals surface area contributed by atoms with Crippen LogP contribution in [0.2, 0.25) is 0 Å². The zero-order valence-corrected chi connectivity index (χ0v) is 13.5. The molecule has 0 spiro atoms. The minimum atomic E-state index is 0.698. The van der Waals surface area contributed by atoms with Gasteiger partial charge in [0, 0.05) is 52.6 Å². The van der Waals surface area contributed by atoms with Crippen molar-refractivity contribution in [3.05, 3.63) is 0 Å². The van der Waals surface area contributed by atoms with Gasteiger partial charge in [-0.2, -0.15) is 0 Å². The normalized spacial score (nSPS) is 21.0. The lowest BCUT2D eigenvalue weighted by Gasteiger charge is -2.22. The molecule has 2 heterocycles. The molecule has 0 aromatic carbocycles. The summed E-state index contributed by atoms with van der Waals surface area (Å²) in [7, 11) is 0. The Morgan fingerprint density at radius 1 is 1.29 bits per heavy atom. The lowest BCUT2D eigenvalue weighted by Crippen LogP contribution is -2.39. The number of nitrogens with one attached hydrogen (secondary N) is 1. The highest BCUT2D eigenvalue weighted by Gasteiger charge is 2.15. The molecule has 0 amide bonds. The molecule has 0 aliphatic carbocycles. The van der Waals surface area contributed by atoms with Crippen molar-refractivity contribution in [1.82, 2.24) is 10.2 Å². The molecule has 0 saturated carbocycles. The van der Waals surface area contributed by atoms with Crippen molar-refractivity contribution in [2.24, 2.45) is 10.9 Å². The molecule has 5 nitrogen and oxygen atoms in total. The Hall–Kier alpha value is -0.810. The van der Waals surface area contributed by atoms with Crippen molar-refractivity contribution in [1.29, 1.82) is 0 Å². The molecule has 5 heteroatoms. The van der Waals surface area contributed by atoms with Gasteiger partial charge in [-0.15, -0.1) is 0 Å². The molecule has 0 bridgehead atoms. The molecule has 2 saturated heterocycles. The summed E-state index contributed by atoms with van der Waals surface area (Å²) in [6.45, 7) is 9.73. The van der Waals surface area contributed by atoms with E-state index in [0.717, 1.165) is 77.8 Å². The number of hydrogen-bond donors (Lipinski definition) is 1. The van der Waals surface area contributed by atoms with Gasteiger partial charge in [0.15, 0.2) is 5.96 Å². The molecular weight excluding hydrogens is 266 g/mol. The van der Waals surface area contributed by atoms with Gasteiger partial charge >= 0.3 is 0 Å². The lowest BCUT2D eigenvalue weighted by molar-refractivity contribution is 0.0205. The number of likely N-dealkylation sites (tertiary alicyclic amines) is 1. The van der Waals surface area contributed by atoms with Gasteiger partial charge in [0.2, 0.25) is 0 Å². The third-order valence-electron chi connectivity index (χ3n) is 4.14. The zero-order valence-electron chi connectivity index (χ0n) is 13.5. The Bertz CT molecular complexity index is 298. The minimum Gasteiger partial charge on any atom is -0.381 e. The summed E-state index contributed by atoms with van der Waals surface area (Å²) < 4.78 is 11.1. The molecule has 2 aliphatic rings. The predicted molar refractivity (Wildman–Crippen MR) is 85.8 cm³/mol. The van der Waals surface area contributed by atoms with Gasteiger partial charge in [0.05, 0.1) is 0 Å². The van der Waals surface area contributed by atoms with E-state index in [0.29, 0.717) is 5.92 Å². The number of ether oxygens (including phenoxy) is 2. The Labute approximate surface area is 129 Å². The topological polar surface area (TPSA) is 46.1 Å². The molecule has 0 unspecified atom stereocenters. The van der Waals surface area contributed by atoms with Gasteiger partial charge in [-0.3, -0.25) is 4.99 Å². The maximum absolute atomic E-state index is 5.78. The Balaban J connectivity index is 1.56. The maximum Gasteiger partial charge on any atom is 0.193 e. The van der Waals surface area contributed by atoms with E-state index in [1.807, 2.05) is 0 Å². The summed E-state index contributed by atoms with van der Waals surface area (Å²) in [6.07, 6.45) is 5.89. The average Bonchev–Trinajstić information content (AvgIpc) is 3.05. The third-order valence-corrected chi connectivity index (χ3v) is 4.14. The molecule has 2 aliphatic heterocycles. The highest BCUT2D eigenvalue weighted by atomic mass is 16.5. The number of hydrogen-bond acceptors (Lipinski definition) is 3. The van der Waals surface area contributed by atoms with Crippen molar-refractivity contribution in [3.63, 3.8) is 0 Å². The van der Waals surface area contributed by atoms with E-state index in [2.05, 4.69) is 17.1 Å². The quantitative estimate of drug-likeness (QED) is 0.443. The van der Waals surface area contributed by atoms with Gasteiger partial charge < -0.3 is 19.7 Å². The van der Waals surface area contributed by atoms with Gasteiger partial charge in [-0.05, 0) is 44.9 Å². The van der Waals surface area contributed by atoms with E-state index in [1.165, 1.54) is 12.8 Å². The van der Waals surface area contributed by atoms with Crippen LogP contribution < -0.4 is 5.32 Å². The van der Waals surface area contributed by atoms with Crippen LogP contribution in [0.5, 0.6) is 0 Å². The van der Waals surface area contributed by atoms with E-state index < -0.39 is 0 Å². The summed E-state index contributed by atoms with van der Waals surface area (Å²) in [4.78, 5) is 7.08. The summed E-state index contributed by atoms with van der Waals surface area (Å²) >= 11 is 0. The second-order valence-electron chi connectivity index (χ2n) is 5.91. The molecule has 21 heavy (non-hydrogen) atoms. The fourth-order valence-electron chi connectivity index (χ4n) is 2.87. The van der Waals surface area contributed by atoms with Crippen LogP contribution in [0.1, 0.15) is 39.0 Å². The predicted octanol–water partition coefficient (Wildman–Crippen LogP) is 1.88. The third kappa shape index (κ3) is 6.22. The molecule has 0 atom stereocenters. The number of guanidine groups is 1. The molecular formula is C16H31N3O2. The standard InChI is InChI=1S/C16H31N3O2/c1-2-17-16(19-9-3-4-10-19)18-8-5-11-21-14-15-6-12-20-13-7-15/h15H,2-14H2,1H3,(H,17,18). The summed E-state index contributed by atoms with van der Waals surface area (Å²) in [5.41, 5.74) is 0. The van der Waals surface area contributed by atoms with E-state index in [1.54, 1.807) is 0 Å². The molecule has 0 aromatic heterocycles. The van der Waals surface area contributed by atoms with Gasteiger partial charge in [-0.25, -0.2) is 0 Å². The molecule has 2 fully saturated rings. The van der Waals surface area contributed by atoms with E-state index in [-0.39, 0.29) is 0 Å². The van der Waals surface area contributed by atoms with Crippen molar-refractivity contribution in [2.75, 3.05) is 52.6 Å². The fraction of sp³-hybridized carbons (Fsp3) is 0.938. The zero-order chi connectivity index (χ0) is 14.8. The highest BCUT2D eigenvalue weighted by molar-refractivity contribution is 5.80. The molecule has 122 valence electrons. The van der Waals surface area contributed by atoms with Crippen LogP contribution in [0.4, 0.5) is 0 Å². The second-order valence-corrected chi connectivity index (χ2v) is 5.91. The van der Waals surface area contributed by atoms with Crippen LogP contribution in [0.25, 0.3) is 0 Å². The van der Waals surface area contributed by atoms with E-state index >= 15 is 0 Å². The summed E-state index contributed by atoms with van der Waals surface area (Å²) in [5, 5.41) is 3.39. The Kier molecular flexibility index (Phi) is 7.89. The van der Waals surface area contributed by atoms with Crippen LogP contribution in [-0.2, 0) is 9.47 Å². The van der Waals surface area contributed by atoms with Crippen LogP contribution >= 0.6 is 0 Å².